The van der Waals surface area contributed by atoms with Crippen molar-refractivity contribution >= 4 is 17.7 Å². The molecule has 1 aliphatic heterocycles. The first-order chi connectivity index (χ1) is 14.8. The van der Waals surface area contributed by atoms with Gasteiger partial charge < -0.3 is 20.1 Å². The van der Waals surface area contributed by atoms with Gasteiger partial charge in [0.25, 0.3) is 0 Å². The zero-order valence-corrected chi connectivity index (χ0v) is 18.5. The molecule has 32 heavy (non-hydrogen) atoms. The molecular weight excluding hydrogens is 427 g/mol. The fourth-order valence-electron chi connectivity index (χ4n) is 5.44. The number of amides is 1. The Morgan fingerprint density at radius 3 is 2.72 bits per heavy atom. The molecule has 3 heterocycles. The minimum Gasteiger partial charge on any atom is -0.477 e. The molecule has 2 aliphatic rings. The summed E-state index contributed by atoms with van der Waals surface area (Å²) in [5, 5.41) is 17.7. The van der Waals surface area contributed by atoms with Crippen LogP contribution >= 0.6 is 0 Å². The lowest BCUT2D eigenvalue weighted by Gasteiger charge is -2.52. The predicted molar refractivity (Wildman–Crippen MR) is 111 cm³/mol. The van der Waals surface area contributed by atoms with Gasteiger partial charge in [-0.05, 0) is 49.7 Å². The third-order valence-electron chi connectivity index (χ3n) is 6.46. The molecule has 2 aromatic heterocycles. The van der Waals surface area contributed by atoms with Gasteiger partial charge in [0, 0.05) is 12.7 Å². The monoisotopic (exact) mass is 455 g/mol. The Bertz CT molecular complexity index is 1020. The highest BCUT2D eigenvalue weighted by atomic mass is 19.4. The van der Waals surface area contributed by atoms with Gasteiger partial charge in [0.15, 0.2) is 17.5 Å². The van der Waals surface area contributed by atoms with Crippen LogP contribution in [0.3, 0.4) is 0 Å². The van der Waals surface area contributed by atoms with Crippen molar-refractivity contribution in [1.82, 2.24) is 19.5 Å². The summed E-state index contributed by atoms with van der Waals surface area (Å²) >= 11 is 0. The molecule has 0 aromatic carbocycles. The van der Waals surface area contributed by atoms with Crippen molar-refractivity contribution in [2.75, 3.05) is 11.9 Å². The number of nitrogens with one attached hydrogen (secondary N) is 1. The van der Waals surface area contributed by atoms with Gasteiger partial charge in [0.1, 0.15) is 0 Å². The minimum atomic E-state index is -4.51. The molecular formula is C21H28F3N5O3. The van der Waals surface area contributed by atoms with Crippen LogP contribution in [0.4, 0.5) is 23.9 Å². The summed E-state index contributed by atoms with van der Waals surface area (Å²) in [6, 6.07) is 2.64. The van der Waals surface area contributed by atoms with Crippen LogP contribution in [-0.4, -0.2) is 61.1 Å². The molecule has 1 saturated heterocycles. The van der Waals surface area contributed by atoms with Crippen LogP contribution < -0.4 is 10.1 Å². The van der Waals surface area contributed by atoms with E-state index >= 15 is 0 Å². The van der Waals surface area contributed by atoms with Crippen molar-refractivity contribution < 1.29 is 27.8 Å². The Hall–Kier alpha value is -2.72. The molecule has 8 nitrogen and oxygen atoms in total. The van der Waals surface area contributed by atoms with Crippen molar-refractivity contribution in [2.45, 2.75) is 70.8 Å². The number of aromatic nitrogens is 3. The van der Waals surface area contributed by atoms with Crippen molar-refractivity contribution in [2.24, 2.45) is 11.3 Å². The van der Waals surface area contributed by atoms with E-state index in [2.05, 4.69) is 15.4 Å². The highest BCUT2D eigenvalue weighted by molar-refractivity contribution is 5.67. The van der Waals surface area contributed by atoms with E-state index in [9.17, 15) is 23.1 Å². The van der Waals surface area contributed by atoms with E-state index in [0.717, 1.165) is 26.2 Å². The zero-order valence-electron chi connectivity index (χ0n) is 18.5. The van der Waals surface area contributed by atoms with Crippen LogP contribution in [0.1, 0.15) is 47.0 Å². The van der Waals surface area contributed by atoms with E-state index in [1.54, 1.807) is 12.3 Å². The average Bonchev–Trinajstić information content (AvgIpc) is 3.20. The molecule has 176 valence electrons. The number of pyridine rings is 1. The molecule has 2 fully saturated rings. The third kappa shape index (κ3) is 3.93. The first-order valence-corrected chi connectivity index (χ1v) is 10.7. The summed E-state index contributed by atoms with van der Waals surface area (Å²) in [7, 11) is 0. The normalized spacial score (nSPS) is 26.9. The number of rotatable bonds is 4. The van der Waals surface area contributed by atoms with Crippen molar-refractivity contribution in [3.8, 4) is 5.75 Å². The number of anilines is 1. The molecule has 4 rings (SSSR count). The van der Waals surface area contributed by atoms with Gasteiger partial charge in [-0.25, -0.2) is 9.31 Å². The number of carboxylic acid groups (broad SMARTS) is 1. The van der Waals surface area contributed by atoms with E-state index in [0.29, 0.717) is 6.54 Å². The summed E-state index contributed by atoms with van der Waals surface area (Å²) in [4.78, 5) is 18.0. The number of halogens is 3. The van der Waals surface area contributed by atoms with Crippen LogP contribution in [0.5, 0.6) is 5.75 Å². The van der Waals surface area contributed by atoms with Gasteiger partial charge in [-0.15, -0.1) is 5.10 Å². The van der Waals surface area contributed by atoms with Crippen molar-refractivity contribution in [3.05, 3.63) is 18.3 Å². The van der Waals surface area contributed by atoms with Gasteiger partial charge in [-0.2, -0.15) is 18.2 Å². The predicted octanol–water partition coefficient (Wildman–Crippen LogP) is 4.42. The number of hydrogen-bond donors (Lipinski definition) is 2. The Morgan fingerprint density at radius 2 is 2.09 bits per heavy atom. The van der Waals surface area contributed by atoms with E-state index in [1.807, 2.05) is 20.8 Å². The molecule has 4 atom stereocenters. The molecule has 2 N–H and O–H groups in total. The maximum atomic E-state index is 13.0. The van der Waals surface area contributed by atoms with Crippen molar-refractivity contribution in [3.63, 3.8) is 0 Å². The summed E-state index contributed by atoms with van der Waals surface area (Å²) in [6.45, 7) is 7.46. The molecule has 0 spiro atoms. The quantitative estimate of drug-likeness (QED) is 0.709. The lowest BCUT2D eigenvalue weighted by atomic mass is 9.70. The lowest BCUT2D eigenvalue weighted by molar-refractivity contribution is -0.189. The number of ether oxygens (including phenoxy) is 1. The summed E-state index contributed by atoms with van der Waals surface area (Å²) < 4.78 is 45.4. The Morgan fingerprint density at radius 1 is 1.38 bits per heavy atom. The Kier molecular flexibility index (Phi) is 5.21. The number of hydrogen-bond acceptors (Lipinski definition) is 5. The SMILES string of the molecule is CC(Oc1cccn2nc(NC34CCC(CN(C(=O)O)C3C(C)(C)C)C4)nc12)C(F)(F)F. The smallest absolute Gasteiger partial charge is 0.425 e. The molecule has 11 heteroatoms. The molecule has 1 aliphatic carbocycles. The van der Waals surface area contributed by atoms with E-state index in [1.165, 1.54) is 15.5 Å². The highest BCUT2D eigenvalue weighted by Crippen LogP contribution is 2.50. The van der Waals surface area contributed by atoms with Crippen LogP contribution in [0.2, 0.25) is 0 Å². The topological polar surface area (TPSA) is 92.0 Å². The fourth-order valence-corrected chi connectivity index (χ4v) is 5.44. The largest absolute Gasteiger partial charge is 0.477 e. The number of alkyl halides is 3. The Balaban J connectivity index is 1.69. The summed E-state index contributed by atoms with van der Waals surface area (Å²) in [5.74, 6) is 0.450. The van der Waals surface area contributed by atoms with Gasteiger partial charge >= 0.3 is 12.3 Å². The lowest BCUT2D eigenvalue weighted by Crippen LogP contribution is -2.65. The number of likely N-dealkylation sites (tertiary alicyclic amines) is 1. The maximum Gasteiger partial charge on any atom is 0.425 e. The van der Waals surface area contributed by atoms with Crippen LogP contribution in [0.15, 0.2) is 18.3 Å². The van der Waals surface area contributed by atoms with Crippen LogP contribution in [0, 0.1) is 11.3 Å². The van der Waals surface area contributed by atoms with Gasteiger partial charge in [-0.3, -0.25) is 0 Å². The average molecular weight is 455 g/mol. The molecule has 4 unspecified atom stereocenters. The first kappa shape index (κ1) is 22.5. The summed E-state index contributed by atoms with van der Waals surface area (Å²) in [6.07, 6.45) is -3.45. The number of piperidine rings is 1. The minimum absolute atomic E-state index is 0.0251. The number of carbonyl (C=O) groups is 1. The Labute approximate surface area is 183 Å². The van der Waals surface area contributed by atoms with Gasteiger partial charge in [0.2, 0.25) is 5.95 Å². The zero-order chi connectivity index (χ0) is 23.5. The van der Waals surface area contributed by atoms with Gasteiger partial charge in [0.05, 0.1) is 11.6 Å². The van der Waals surface area contributed by atoms with Crippen molar-refractivity contribution in [1.29, 1.82) is 0 Å². The standard InChI is InChI=1S/C21H28F3N5O3/c1-12(21(22,23)24)32-14-6-5-9-29-15(14)25-17(27-29)26-20-8-7-13(10-20)11-28(18(30)31)16(20)19(2,3)4/h5-6,9,12-13,16H,7-8,10-11H2,1-4H3,(H,26,27)(H,30,31). The first-order valence-electron chi connectivity index (χ1n) is 10.7. The number of fused-ring (bicyclic) bond motifs is 3. The van der Waals surface area contributed by atoms with Gasteiger partial charge in [-0.1, -0.05) is 20.8 Å². The molecule has 1 amide bonds. The highest BCUT2D eigenvalue weighted by Gasteiger charge is 2.57. The second-order valence-corrected chi connectivity index (χ2v) is 9.97. The molecule has 1 saturated carbocycles. The molecule has 2 aromatic rings. The molecule has 0 radical (unpaired) electrons. The maximum absolute atomic E-state index is 13.0. The second-order valence-electron chi connectivity index (χ2n) is 9.97. The number of nitrogens with zero attached hydrogens (tertiary/aromatic N) is 4. The molecule has 2 bridgehead atoms. The van der Waals surface area contributed by atoms with E-state index in [-0.39, 0.29) is 34.7 Å². The van der Waals surface area contributed by atoms with Crippen LogP contribution in [-0.2, 0) is 0 Å². The van der Waals surface area contributed by atoms with E-state index < -0.39 is 23.9 Å². The second kappa shape index (κ2) is 7.41. The third-order valence-corrected chi connectivity index (χ3v) is 6.46. The van der Waals surface area contributed by atoms with Crippen LogP contribution in [0.25, 0.3) is 5.65 Å². The fraction of sp³-hybridized carbons (Fsp3) is 0.667. The van der Waals surface area contributed by atoms with E-state index in [4.69, 9.17) is 4.74 Å². The summed E-state index contributed by atoms with van der Waals surface area (Å²) in [5.41, 5.74) is -0.753.